The van der Waals surface area contributed by atoms with Crippen molar-refractivity contribution in [2.24, 2.45) is 0 Å². The molecule has 2 amide bonds. The third kappa shape index (κ3) is 3.81. The Balaban J connectivity index is 1.45. The molecule has 5 rings (SSSR count). The summed E-state index contributed by atoms with van der Waals surface area (Å²) in [6.45, 7) is 2.39. The number of hydrogen-bond donors (Lipinski definition) is 1. The fourth-order valence-corrected chi connectivity index (χ4v) is 5.51. The highest BCUT2D eigenvalue weighted by Gasteiger charge is 2.42. The highest BCUT2D eigenvalue weighted by Crippen LogP contribution is 2.44. The van der Waals surface area contributed by atoms with E-state index in [-0.39, 0.29) is 23.9 Å². The van der Waals surface area contributed by atoms with Crippen molar-refractivity contribution in [3.05, 3.63) is 57.3 Å². The molecule has 0 spiro atoms. The van der Waals surface area contributed by atoms with Crippen LogP contribution in [0.2, 0.25) is 10.0 Å². The molecular weight excluding hydrogens is 456 g/mol. The molecule has 2 heterocycles. The molecule has 6 nitrogen and oxygen atoms in total. The maximum Gasteiger partial charge on any atom is 0.324 e. The van der Waals surface area contributed by atoms with Crippen molar-refractivity contribution in [3.63, 3.8) is 0 Å². The van der Waals surface area contributed by atoms with Gasteiger partial charge in [0.25, 0.3) is 0 Å². The van der Waals surface area contributed by atoms with Gasteiger partial charge in [0.05, 0.1) is 12.1 Å². The van der Waals surface area contributed by atoms with Crippen LogP contribution in [0, 0.1) is 5.82 Å². The molecule has 2 aromatic carbocycles. The summed E-state index contributed by atoms with van der Waals surface area (Å²) in [4.78, 5) is 17.6. The van der Waals surface area contributed by atoms with E-state index in [1.165, 1.54) is 6.07 Å². The second kappa shape index (κ2) is 8.37. The fourth-order valence-electron chi connectivity index (χ4n) is 4.92. The Labute approximate surface area is 196 Å². The number of rotatable bonds is 4. The van der Waals surface area contributed by atoms with Gasteiger partial charge in [-0.05, 0) is 42.7 Å². The molecule has 0 aromatic heterocycles. The van der Waals surface area contributed by atoms with Gasteiger partial charge in [0, 0.05) is 60.6 Å². The van der Waals surface area contributed by atoms with Crippen molar-refractivity contribution in [3.8, 4) is 5.75 Å². The molecule has 2 aliphatic heterocycles. The molecule has 32 heavy (non-hydrogen) atoms. The predicted molar refractivity (Wildman–Crippen MR) is 121 cm³/mol. The molecule has 0 unspecified atom stereocenters. The number of carbonyl (C=O) groups excluding carboxylic acids is 1. The lowest BCUT2D eigenvalue weighted by Gasteiger charge is -2.30. The number of fused-ring (bicyclic) bond motifs is 1. The number of aliphatic hydroxyl groups excluding tert-OH is 1. The molecule has 0 radical (unpaired) electrons. The van der Waals surface area contributed by atoms with Gasteiger partial charge in [0.15, 0.2) is 11.6 Å². The van der Waals surface area contributed by atoms with Crippen molar-refractivity contribution in [1.29, 1.82) is 0 Å². The van der Waals surface area contributed by atoms with Gasteiger partial charge in [0.1, 0.15) is 6.10 Å². The van der Waals surface area contributed by atoms with Gasteiger partial charge < -0.3 is 14.7 Å². The number of likely N-dealkylation sites (tertiary alicyclic amines) is 1. The largest absolute Gasteiger partial charge is 0.481 e. The maximum atomic E-state index is 15.1. The minimum absolute atomic E-state index is 0.0917. The first-order chi connectivity index (χ1) is 15.3. The van der Waals surface area contributed by atoms with Crippen LogP contribution >= 0.6 is 23.2 Å². The molecule has 0 bridgehead atoms. The summed E-state index contributed by atoms with van der Waals surface area (Å²) in [6, 6.07) is 7.89. The fraction of sp³-hybridized carbons (Fsp3) is 0.435. The highest BCUT2D eigenvalue weighted by atomic mass is 35.5. The van der Waals surface area contributed by atoms with Crippen molar-refractivity contribution >= 4 is 34.9 Å². The molecule has 0 saturated carbocycles. The van der Waals surface area contributed by atoms with Gasteiger partial charge in [-0.3, -0.25) is 9.80 Å². The molecule has 170 valence electrons. The molecule has 9 heteroatoms. The number of β-amino-alcohol motifs (C(OH)–C–C–N with tert-alkyl or cyclic N) is 1. The maximum absolute atomic E-state index is 15.1. The van der Waals surface area contributed by atoms with Gasteiger partial charge in [-0.1, -0.05) is 23.2 Å². The predicted octanol–water partition coefficient (Wildman–Crippen LogP) is 4.12. The number of hydrogen-bond acceptors (Lipinski definition) is 4. The monoisotopic (exact) mass is 479 g/mol. The third-order valence-corrected chi connectivity index (χ3v) is 7.18. The van der Waals surface area contributed by atoms with Crippen LogP contribution in [0.1, 0.15) is 23.7 Å². The van der Waals surface area contributed by atoms with Crippen LogP contribution < -0.4 is 9.64 Å². The molecular formula is C23H24Cl2FN3O3. The van der Waals surface area contributed by atoms with Crippen LogP contribution in [-0.4, -0.2) is 66.3 Å². The Morgan fingerprint density at radius 2 is 1.97 bits per heavy atom. The number of benzene rings is 2. The lowest BCUT2D eigenvalue weighted by Crippen LogP contribution is -2.39. The average molecular weight is 480 g/mol. The number of urea groups is 1. The van der Waals surface area contributed by atoms with Gasteiger partial charge in [-0.2, -0.15) is 0 Å². The minimum Gasteiger partial charge on any atom is -0.481 e. The lowest BCUT2D eigenvalue weighted by atomic mass is 10.1. The van der Waals surface area contributed by atoms with Crippen molar-refractivity contribution in [2.45, 2.75) is 31.1 Å². The van der Waals surface area contributed by atoms with E-state index in [9.17, 15) is 9.90 Å². The second-order valence-electron chi connectivity index (χ2n) is 8.67. The number of anilines is 1. The summed E-state index contributed by atoms with van der Waals surface area (Å²) in [7, 11) is 1.72. The summed E-state index contributed by atoms with van der Waals surface area (Å²) >= 11 is 12.7. The normalized spacial score (nSPS) is 25.7. The molecule has 3 aliphatic rings. The topological polar surface area (TPSA) is 56.3 Å². The zero-order chi connectivity index (χ0) is 22.6. The van der Waals surface area contributed by atoms with Crippen LogP contribution in [0.5, 0.6) is 5.75 Å². The van der Waals surface area contributed by atoms with Crippen LogP contribution in [0.15, 0.2) is 30.3 Å². The van der Waals surface area contributed by atoms with Crippen LogP contribution in [0.4, 0.5) is 14.9 Å². The standard InChI is InChI=1S/C23H24Cl2FN3O3/c1-27-6-7-29(23(27)31)14-2-3-21(19(26)10-14)32-22-17-8-13(24)9-18(25)16(17)11-20(22)28-5-4-15(30)12-28/h2-3,8-10,15,20,22,30H,4-7,11-12H2,1H3/t15-,20+,22+/m1/s1. The van der Waals surface area contributed by atoms with Crippen LogP contribution in [0.25, 0.3) is 0 Å². The molecule has 3 atom stereocenters. The Kier molecular flexibility index (Phi) is 5.70. The Hall–Kier alpha value is -2.06. The smallest absolute Gasteiger partial charge is 0.324 e. The number of amides is 2. The van der Waals surface area contributed by atoms with E-state index < -0.39 is 11.9 Å². The molecule has 2 aromatic rings. The molecule has 2 fully saturated rings. The van der Waals surface area contributed by atoms with Gasteiger partial charge in [0.2, 0.25) is 0 Å². The first-order valence-electron chi connectivity index (χ1n) is 10.7. The molecule has 1 aliphatic carbocycles. The summed E-state index contributed by atoms with van der Waals surface area (Å²) in [5.41, 5.74) is 2.28. The zero-order valence-corrected chi connectivity index (χ0v) is 19.1. The summed E-state index contributed by atoms with van der Waals surface area (Å²) in [6.07, 6.45) is 0.462. The second-order valence-corrected chi connectivity index (χ2v) is 9.52. The van der Waals surface area contributed by atoms with E-state index in [0.29, 0.717) is 48.2 Å². The summed E-state index contributed by atoms with van der Waals surface area (Å²) in [5.74, 6) is -0.431. The number of likely N-dealkylation sites (N-methyl/N-ethyl adjacent to an activating group) is 1. The van der Waals surface area contributed by atoms with E-state index in [1.54, 1.807) is 35.0 Å². The van der Waals surface area contributed by atoms with E-state index >= 15 is 4.39 Å². The lowest BCUT2D eigenvalue weighted by molar-refractivity contribution is 0.0791. The van der Waals surface area contributed by atoms with E-state index in [2.05, 4.69) is 4.90 Å². The number of ether oxygens (including phenoxy) is 1. The van der Waals surface area contributed by atoms with E-state index in [1.807, 2.05) is 6.07 Å². The third-order valence-electron chi connectivity index (χ3n) is 6.63. The van der Waals surface area contributed by atoms with Crippen molar-refractivity contribution in [2.75, 3.05) is 38.1 Å². The first kappa shape index (κ1) is 21.8. The number of halogens is 3. The Bertz CT molecular complexity index is 1070. The quantitative estimate of drug-likeness (QED) is 0.716. The van der Waals surface area contributed by atoms with Crippen LogP contribution in [-0.2, 0) is 6.42 Å². The zero-order valence-electron chi connectivity index (χ0n) is 17.6. The van der Waals surface area contributed by atoms with E-state index in [0.717, 1.165) is 17.7 Å². The first-order valence-corrected chi connectivity index (χ1v) is 11.5. The van der Waals surface area contributed by atoms with Crippen molar-refractivity contribution < 1.29 is 19.0 Å². The average Bonchev–Trinajstić information content (AvgIpc) is 3.42. The van der Waals surface area contributed by atoms with Gasteiger partial charge >= 0.3 is 6.03 Å². The van der Waals surface area contributed by atoms with Crippen molar-refractivity contribution in [1.82, 2.24) is 9.80 Å². The summed E-state index contributed by atoms with van der Waals surface area (Å²) < 4.78 is 21.3. The van der Waals surface area contributed by atoms with Crippen LogP contribution in [0.3, 0.4) is 0 Å². The SMILES string of the molecule is CN1CCN(c2ccc(O[C@H]3c4cc(Cl)cc(Cl)c4C[C@@H]3N3CC[C@@H](O)C3)c(F)c2)C1=O. The van der Waals surface area contributed by atoms with Gasteiger partial charge in [-0.15, -0.1) is 0 Å². The Morgan fingerprint density at radius 1 is 1.16 bits per heavy atom. The number of carbonyl (C=O) groups is 1. The number of nitrogens with zero attached hydrogens (tertiary/aromatic N) is 3. The summed E-state index contributed by atoms with van der Waals surface area (Å²) in [5, 5.41) is 11.1. The number of aliphatic hydroxyl groups is 1. The molecule has 2 saturated heterocycles. The van der Waals surface area contributed by atoms with Gasteiger partial charge in [-0.25, -0.2) is 9.18 Å². The highest BCUT2D eigenvalue weighted by molar-refractivity contribution is 6.35. The minimum atomic E-state index is -0.536. The molecule has 1 N–H and O–H groups in total. The van der Waals surface area contributed by atoms with E-state index in [4.69, 9.17) is 27.9 Å². The Morgan fingerprint density at radius 3 is 2.62 bits per heavy atom.